The van der Waals surface area contributed by atoms with Gasteiger partial charge in [0.15, 0.2) is 40.9 Å². The van der Waals surface area contributed by atoms with Crippen LogP contribution in [-0.4, -0.2) is 80.8 Å². The molecule has 0 aliphatic heterocycles. The molecule has 0 atom stereocenters. The number of nitrogens with zero attached hydrogens (tertiary/aromatic N) is 8. The van der Waals surface area contributed by atoms with Gasteiger partial charge in [-0.05, 0) is 195 Å². The molecule has 0 amide bonds. The highest BCUT2D eigenvalue weighted by Gasteiger charge is 1.64. The van der Waals surface area contributed by atoms with Crippen LogP contribution >= 0.6 is 97.7 Å². The minimum absolute atomic E-state index is 0.000000000000000222. The summed E-state index contributed by atoms with van der Waals surface area (Å²) >= 11 is 32.7. The first-order valence-corrected chi connectivity index (χ1v) is 24.3. The van der Waals surface area contributed by atoms with E-state index in [1.807, 2.05) is 146 Å². The van der Waals surface area contributed by atoms with Gasteiger partial charge >= 0.3 is 0 Å². The van der Waals surface area contributed by atoms with Gasteiger partial charge in [0.05, 0.1) is 0 Å². The molecule has 24 nitrogen and oxygen atoms in total. The summed E-state index contributed by atoms with van der Waals surface area (Å²) in [5.74, 6) is 0. The van der Waals surface area contributed by atoms with Gasteiger partial charge in [0.25, 0.3) is 0 Å². The van der Waals surface area contributed by atoms with E-state index in [0.717, 1.165) is 0 Å². The van der Waals surface area contributed by atoms with E-state index in [4.69, 9.17) is 0 Å². The number of hydrogen-bond acceptors (Lipinski definition) is 16. The lowest BCUT2D eigenvalue weighted by Gasteiger charge is -1.70. The van der Waals surface area contributed by atoms with E-state index in [1.165, 1.54) is 0 Å². The maximum Gasteiger partial charge on any atom is 0.160 e. The third kappa shape index (κ3) is 210. The SMILES string of the molecule is NC(N)=S.NC(N)=S.NC(N)=S.NC(N)=S.NC(N)=S.NC(N)=S.NC(N)=S.NC(N)=S.c1ccncc1.c1ccncc1.c1ccncc1.c1ccncc1.c1ccncc1.c1ccncc1.c1ccncc1.c1ccncc1. The smallest absolute Gasteiger partial charge is 0.160 e. The monoisotopic (exact) mass is 1240 g/mol. The second kappa shape index (κ2) is 83.7. The summed E-state index contributed by atoms with van der Waals surface area (Å²) in [6, 6.07) is 45.7. The first-order chi connectivity index (χ1) is 37.9. The number of pyridine rings is 8. The van der Waals surface area contributed by atoms with E-state index in [2.05, 4.69) is 229 Å². The molecule has 80 heavy (non-hydrogen) atoms. The summed E-state index contributed by atoms with van der Waals surface area (Å²) in [7, 11) is 0. The zero-order chi connectivity index (χ0) is 62.6. The van der Waals surface area contributed by atoms with Crippen LogP contribution in [0.1, 0.15) is 0 Å². The highest BCUT2D eigenvalue weighted by molar-refractivity contribution is 7.81. The van der Waals surface area contributed by atoms with Crippen LogP contribution in [0.5, 0.6) is 0 Å². The van der Waals surface area contributed by atoms with Crippen molar-refractivity contribution in [1.82, 2.24) is 39.9 Å². The molecule has 32 N–H and O–H groups in total. The zero-order valence-electron chi connectivity index (χ0n) is 43.2. The van der Waals surface area contributed by atoms with E-state index in [-0.39, 0.29) is 40.9 Å². The topological polar surface area (TPSA) is 519 Å². The van der Waals surface area contributed by atoms with Gasteiger partial charge in [0.2, 0.25) is 0 Å². The summed E-state index contributed by atoms with van der Waals surface area (Å²) in [5, 5.41) is 0.00000000000000178. The van der Waals surface area contributed by atoms with Crippen LogP contribution in [0.25, 0.3) is 0 Å². The van der Waals surface area contributed by atoms with Crippen molar-refractivity contribution in [2.45, 2.75) is 0 Å². The first-order valence-electron chi connectivity index (χ1n) is 21.0. The molecule has 8 heterocycles. The second-order valence-electron chi connectivity index (χ2n) is 11.4. The molecule has 8 aromatic rings. The molecule has 0 aromatic carbocycles. The van der Waals surface area contributed by atoms with Crippen molar-refractivity contribution in [2.75, 3.05) is 0 Å². The Hall–Kier alpha value is -9.28. The average molecular weight is 1240 g/mol. The van der Waals surface area contributed by atoms with Crippen molar-refractivity contribution in [3.05, 3.63) is 245 Å². The fraction of sp³-hybridized carbons (Fsp3) is 0. The Kier molecular flexibility index (Phi) is 91.4. The van der Waals surface area contributed by atoms with E-state index < -0.39 is 0 Å². The predicted octanol–water partition coefficient (Wildman–Crippen LogP) is 2.16. The largest absolute Gasteiger partial charge is 0.377 e. The second-order valence-corrected chi connectivity index (χ2v) is 15.2. The van der Waals surface area contributed by atoms with Crippen molar-refractivity contribution < 1.29 is 0 Å². The molecule has 8 aromatic heterocycles. The minimum atomic E-state index is 0.000000000000000222. The number of thiocarbonyl (C=S) groups is 8. The average Bonchev–Trinajstić information content (AvgIpc) is 3.43. The highest BCUT2D eigenvalue weighted by atomic mass is 32.1. The highest BCUT2D eigenvalue weighted by Crippen LogP contribution is 1.78. The molecule has 0 saturated carbocycles. The molecular weight excluding hydrogens is 1170 g/mol. The number of aromatic nitrogens is 8. The summed E-state index contributed by atoms with van der Waals surface area (Å²) in [4.78, 5) is 30.3. The molecule has 0 aliphatic rings. The molecule has 0 unspecified atom stereocenters. The maximum absolute atomic E-state index is 4.62. The Morgan fingerprint density at radius 2 is 0.188 bits per heavy atom. The van der Waals surface area contributed by atoms with Crippen LogP contribution in [0.2, 0.25) is 0 Å². The number of hydrogen-bond donors (Lipinski definition) is 16. The Bertz CT molecular complexity index is 1680. The van der Waals surface area contributed by atoms with Crippen LogP contribution in [-0.2, 0) is 0 Å². The van der Waals surface area contributed by atoms with Crippen molar-refractivity contribution in [3.8, 4) is 0 Å². The summed E-state index contributed by atoms with van der Waals surface area (Å²) < 4.78 is 0. The predicted molar refractivity (Wildman–Crippen MR) is 362 cm³/mol. The van der Waals surface area contributed by atoms with Gasteiger partial charge in [0, 0.05) is 99.1 Å². The van der Waals surface area contributed by atoms with Gasteiger partial charge in [-0.1, -0.05) is 48.5 Å². The fourth-order valence-corrected chi connectivity index (χ4v) is 2.50. The normalized spacial score (nSPS) is 7.20. The van der Waals surface area contributed by atoms with Gasteiger partial charge in [-0.15, -0.1) is 0 Å². The maximum atomic E-state index is 4.62. The molecule has 0 aliphatic carbocycles. The number of rotatable bonds is 0. The molecular formula is C48H72N24S8. The molecule has 0 fully saturated rings. The molecule has 0 saturated heterocycles. The summed E-state index contributed by atoms with van der Waals surface area (Å²) in [6.07, 6.45) is 28.0. The van der Waals surface area contributed by atoms with Crippen LogP contribution in [0.15, 0.2) is 245 Å². The Balaban J connectivity index is -0.000000116. The van der Waals surface area contributed by atoms with Crippen LogP contribution in [0, 0.1) is 0 Å². The van der Waals surface area contributed by atoms with Gasteiger partial charge in [-0.3, -0.25) is 39.9 Å². The lowest BCUT2D eigenvalue weighted by atomic mass is 10.5. The third-order valence-electron chi connectivity index (χ3n) is 4.53. The van der Waals surface area contributed by atoms with Crippen molar-refractivity contribution in [2.24, 2.45) is 91.7 Å². The molecule has 0 radical (unpaired) electrons. The first kappa shape index (κ1) is 87.4. The van der Waals surface area contributed by atoms with Crippen molar-refractivity contribution in [3.63, 3.8) is 0 Å². The third-order valence-corrected chi connectivity index (χ3v) is 4.53. The van der Waals surface area contributed by atoms with Gasteiger partial charge in [-0.25, -0.2) is 0 Å². The Morgan fingerprint density at radius 3 is 0.200 bits per heavy atom. The van der Waals surface area contributed by atoms with E-state index in [1.54, 1.807) is 99.1 Å². The molecule has 32 heteroatoms. The van der Waals surface area contributed by atoms with Crippen LogP contribution < -0.4 is 91.7 Å². The lowest BCUT2D eigenvalue weighted by molar-refractivity contribution is 1.33. The number of nitrogens with two attached hydrogens (primary N) is 16. The van der Waals surface area contributed by atoms with E-state index in [0.29, 0.717) is 0 Å². The lowest BCUT2D eigenvalue weighted by Crippen LogP contribution is -2.18. The molecule has 0 bridgehead atoms. The molecule has 8 rings (SSSR count). The fourth-order valence-electron chi connectivity index (χ4n) is 2.50. The van der Waals surface area contributed by atoms with Crippen molar-refractivity contribution >= 4 is 139 Å². The van der Waals surface area contributed by atoms with Crippen LogP contribution in [0.4, 0.5) is 0 Å². The Morgan fingerprint density at radius 1 is 0.138 bits per heavy atom. The standard InChI is InChI=1S/8C5H5N.8CH4N2S/c8*1-2-4-6-5-3-1;8*2-1(3)4/h8*1-5H;8*(H4,2,3,4). The van der Waals surface area contributed by atoms with Gasteiger partial charge in [0.1, 0.15) is 0 Å². The van der Waals surface area contributed by atoms with E-state index >= 15 is 0 Å². The van der Waals surface area contributed by atoms with E-state index in [9.17, 15) is 0 Å². The van der Waals surface area contributed by atoms with Crippen LogP contribution in [0.3, 0.4) is 0 Å². The molecule has 432 valence electrons. The summed E-state index contributed by atoms with van der Waals surface area (Å²) in [5.41, 5.74) is 73.9. The minimum Gasteiger partial charge on any atom is -0.377 e. The van der Waals surface area contributed by atoms with Gasteiger partial charge in [-0.2, -0.15) is 0 Å². The quantitative estimate of drug-likeness (QED) is 0.0967. The van der Waals surface area contributed by atoms with Gasteiger partial charge < -0.3 is 91.7 Å². The summed E-state index contributed by atoms with van der Waals surface area (Å²) in [6.45, 7) is 0. The molecule has 0 spiro atoms. The zero-order valence-corrected chi connectivity index (χ0v) is 49.7. The Labute approximate surface area is 511 Å². The van der Waals surface area contributed by atoms with Crippen molar-refractivity contribution in [1.29, 1.82) is 0 Å².